The molecule has 0 amide bonds. The number of nitro groups is 1. The monoisotopic (exact) mass is 418 g/mol. The van der Waals surface area contributed by atoms with Crippen molar-refractivity contribution in [1.29, 1.82) is 0 Å². The number of hydrogen-bond acceptors (Lipinski definition) is 6. The highest BCUT2D eigenvalue weighted by molar-refractivity contribution is 6.12. The molecule has 0 atom stereocenters. The van der Waals surface area contributed by atoms with Gasteiger partial charge in [0, 0.05) is 17.7 Å². The zero-order valence-electron chi connectivity index (χ0n) is 16.0. The zero-order chi connectivity index (χ0) is 21.8. The zero-order valence-corrected chi connectivity index (χ0v) is 16.0. The van der Waals surface area contributed by atoms with Gasteiger partial charge in [-0.1, -0.05) is 30.3 Å². The van der Waals surface area contributed by atoms with E-state index in [1.807, 2.05) is 0 Å². The van der Waals surface area contributed by atoms with Crippen molar-refractivity contribution in [3.8, 4) is 5.75 Å². The number of cyclic esters (lactones) is 1. The second-order valence-electron chi connectivity index (χ2n) is 6.63. The molecule has 0 bridgehead atoms. The SMILES string of the molecule is O=C1OC(c2cccc(F)c2)=NC1=Cc1cccc(OCc2cccc([N+](=O)[O-])c2)c1. The molecular formula is C23H15FN2O5. The number of benzene rings is 3. The first kappa shape index (κ1) is 20.0. The van der Waals surface area contributed by atoms with Crippen molar-refractivity contribution in [2.75, 3.05) is 0 Å². The maximum atomic E-state index is 13.4. The number of rotatable bonds is 6. The highest BCUT2D eigenvalue weighted by Gasteiger charge is 2.24. The third-order valence-corrected chi connectivity index (χ3v) is 4.38. The molecule has 3 aromatic rings. The molecular weight excluding hydrogens is 403 g/mol. The van der Waals surface area contributed by atoms with Gasteiger partial charge in [-0.3, -0.25) is 10.1 Å². The Bertz CT molecular complexity index is 1240. The predicted octanol–water partition coefficient (Wildman–Crippen LogP) is 4.66. The molecule has 1 aliphatic rings. The average Bonchev–Trinajstić information content (AvgIpc) is 3.13. The maximum absolute atomic E-state index is 13.4. The minimum Gasteiger partial charge on any atom is -0.489 e. The second-order valence-corrected chi connectivity index (χ2v) is 6.63. The maximum Gasteiger partial charge on any atom is 0.363 e. The largest absolute Gasteiger partial charge is 0.489 e. The van der Waals surface area contributed by atoms with Gasteiger partial charge in [0.15, 0.2) is 5.70 Å². The van der Waals surface area contributed by atoms with Gasteiger partial charge in [0.1, 0.15) is 18.2 Å². The number of carbonyl (C=O) groups excluding carboxylic acids is 1. The van der Waals surface area contributed by atoms with Crippen molar-refractivity contribution >= 4 is 23.6 Å². The summed E-state index contributed by atoms with van der Waals surface area (Å²) in [6, 6.07) is 18.7. The summed E-state index contributed by atoms with van der Waals surface area (Å²) in [6.07, 6.45) is 1.54. The summed E-state index contributed by atoms with van der Waals surface area (Å²) < 4.78 is 24.3. The number of carbonyl (C=O) groups is 1. The molecule has 4 rings (SSSR count). The van der Waals surface area contributed by atoms with E-state index in [0.29, 0.717) is 22.4 Å². The third kappa shape index (κ3) is 4.81. The Morgan fingerprint density at radius 1 is 1.06 bits per heavy atom. The summed E-state index contributed by atoms with van der Waals surface area (Å²) in [7, 11) is 0. The van der Waals surface area contributed by atoms with Gasteiger partial charge in [0.2, 0.25) is 5.90 Å². The van der Waals surface area contributed by atoms with Crippen molar-refractivity contribution in [3.63, 3.8) is 0 Å². The first-order chi connectivity index (χ1) is 15.0. The van der Waals surface area contributed by atoms with Crippen molar-refractivity contribution in [2.24, 2.45) is 4.99 Å². The lowest BCUT2D eigenvalue weighted by molar-refractivity contribution is -0.384. The predicted molar refractivity (Wildman–Crippen MR) is 111 cm³/mol. The fourth-order valence-corrected chi connectivity index (χ4v) is 2.93. The van der Waals surface area contributed by atoms with Gasteiger partial charge in [-0.05, 0) is 47.5 Å². The van der Waals surface area contributed by atoms with E-state index >= 15 is 0 Å². The number of aliphatic imine (C=N–C) groups is 1. The first-order valence-electron chi connectivity index (χ1n) is 9.23. The van der Waals surface area contributed by atoms with Crippen LogP contribution >= 0.6 is 0 Å². The summed E-state index contributed by atoms with van der Waals surface area (Å²) in [4.78, 5) is 26.7. The Kier molecular flexibility index (Phi) is 5.53. The van der Waals surface area contributed by atoms with E-state index < -0.39 is 16.7 Å². The fraction of sp³-hybridized carbons (Fsp3) is 0.0435. The van der Waals surface area contributed by atoms with Crippen molar-refractivity contribution < 1.29 is 23.6 Å². The van der Waals surface area contributed by atoms with Crippen LogP contribution in [0, 0.1) is 15.9 Å². The Morgan fingerprint density at radius 2 is 1.87 bits per heavy atom. The molecule has 0 unspecified atom stereocenters. The highest BCUT2D eigenvalue weighted by Crippen LogP contribution is 2.22. The number of halogens is 1. The molecule has 0 spiro atoms. The molecule has 0 radical (unpaired) electrons. The van der Waals surface area contributed by atoms with Crippen LogP contribution in [0.2, 0.25) is 0 Å². The summed E-state index contributed by atoms with van der Waals surface area (Å²) in [5, 5.41) is 10.9. The topological polar surface area (TPSA) is 91.0 Å². The minimum atomic E-state index is -0.637. The molecule has 0 saturated heterocycles. The highest BCUT2D eigenvalue weighted by atomic mass is 19.1. The molecule has 3 aromatic carbocycles. The molecule has 0 aromatic heterocycles. The van der Waals surface area contributed by atoms with Crippen LogP contribution in [0.1, 0.15) is 16.7 Å². The molecule has 1 aliphatic heterocycles. The number of esters is 1. The number of nitro benzene ring substituents is 1. The normalized spacial score (nSPS) is 14.3. The molecule has 8 heteroatoms. The molecule has 0 fully saturated rings. The van der Waals surface area contributed by atoms with E-state index in [1.165, 1.54) is 36.4 Å². The molecule has 0 aliphatic carbocycles. The summed E-state index contributed by atoms with van der Waals surface area (Å²) in [6.45, 7) is 0.144. The van der Waals surface area contributed by atoms with E-state index in [1.54, 1.807) is 42.5 Å². The lowest BCUT2D eigenvalue weighted by atomic mass is 10.2. The lowest BCUT2D eigenvalue weighted by Gasteiger charge is -2.07. The first-order valence-corrected chi connectivity index (χ1v) is 9.23. The quantitative estimate of drug-likeness (QED) is 0.251. The number of ether oxygens (including phenoxy) is 2. The van der Waals surface area contributed by atoms with Crippen LogP contribution in [0.3, 0.4) is 0 Å². The standard InChI is InChI=1S/C23H15FN2O5/c24-18-7-3-6-17(13-18)22-25-21(23(27)31-22)12-15-4-2-9-20(11-15)30-14-16-5-1-8-19(10-16)26(28)29/h1-13H,14H2. The van der Waals surface area contributed by atoms with Gasteiger partial charge in [-0.25, -0.2) is 14.2 Å². The number of hydrogen-bond donors (Lipinski definition) is 0. The van der Waals surface area contributed by atoms with Gasteiger partial charge in [-0.2, -0.15) is 0 Å². The summed E-state index contributed by atoms with van der Waals surface area (Å²) >= 11 is 0. The van der Waals surface area contributed by atoms with Crippen molar-refractivity contribution in [2.45, 2.75) is 6.61 Å². The molecule has 0 saturated carbocycles. The number of nitrogens with zero attached hydrogens (tertiary/aromatic N) is 2. The van der Waals surface area contributed by atoms with E-state index in [0.717, 1.165) is 0 Å². The molecule has 31 heavy (non-hydrogen) atoms. The van der Waals surface area contributed by atoms with E-state index in [9.17, 15) is 19.3 Å². The van der Waals surface area contributed by atoms with Gasteiger partial charge in [0.05, 0.1) is 4.92 Å². The van der Waals surface area contributed by atoms with Crippen LogP contribution in [0.4, 0.5) is 10.1 Å². The van der Waals surface area contributed by atoms with Crippen molar-refractivity contribution in [3.05, 3.63) is 111 Å². The lowest BCUT2D eigenvalue weighted by Crippen LogP contribution is -2.05. The Morgan fingerprint density at radius 3 is 2.68 bits per heavy atom. The molecule has 154 valence electrons. The summed E-state index contributed by atoms with van der Waals surface area (Å²) in [5.41, 5.74) is 1.74. The van der Waals surface area contributed by atoms with Crippen LogP contribution in [0.15, 0.2) is 83.5 Å². The van der Waals surface area contributed by atoms with Crippen LogP contribution in [0.5, 0.6) is 5.75 Å². The van der Waals surface area contributed by atoms with E-state index in [-0.39, 0.29) is 23.9 Å². The average molecular weight is 418 g/mol. The number of non-ortho nitro benzene ring substituents is 1. The van der Waals surface area contributed by atoms with Crippen LogP contribution in [-0.2, 0) is 16.1 Å². The Labute approximate surface area is 176 Å². The van der Waals surface area contributed by atoms with Gasteiger partial charge < -0.3 is 9.47 Å². The van der Waals surface area contributed by atoms with E-state index in [2.05, 4.69) is 4.99 Å². The van der Waals surface area contributed by atoms with Crippen molar-refractivity contribution in [1.82, 2.24) is 0 Å². The Balaban J connectivity index is 1.50. The van der Waals surface area contributed by atoms with Gasteiger partial charge in [0.25, 0.3) is 5.69 Å². The van der Waals surface area contributed by atoms with Crippen LogP contribution < -0.4 is 4.74 Å². The second kappa shape index (κ2) is 8.58. The molecule has 0 N–H and O–H groups in total. The minimum absolute atomic E-state index is 0.00806. The van der Waals surface area contributed by atoms with Gasteiger partial charge >= 0.3 is 5.97 Å². The van der Waals surface area contributed by atoms with Gasteiger partial charge in [-0.15, -0.1) is 0 Å². The summed E-state index contributed by atoms with van der Waals surface area (Å²) in [5.74, 6) is -0.542. The van der Waals surface area contributed by atoms with Crippen LogP contribution in [-0.4, -0.2) is 16.8 Å². The van der Waals surface area contributed by atoms with E-state index in [4.69, 9.17) is 9.47 Å². The molecule has 7 nitrogen and oxygen atoms in total. The fourth-order valence-electron chi connectivity index (χ4n) is 2.93. The third-order valence-electron chi connectivity index (χ3n) is 4.38. The Hall–Kier alpha value is -4.33. The molecule has 1 heterocycles. The smallest absolute Gasteiger partial charge is 0.363 e. The van der Waals surface area contributed by atoms with Crippen LogP contribution in [0.25, 0.3) is 6.08 Å².